The number of H-pyrrole nitrogens is 1. The monoisotopic (exact) mass is 778 g/mol. The Hall–Kier alpha value is -5.24. The van der Waals surface area contributed by atoms with Crippen molar-refractivity contribution in [1.82, 2.24) is 35.1 Å². The van der Waals surface area contributed by atoms with Crippen LogP contribution < -0.4 is 10.6 Å². The molecule has 298 valence electrons. The molecule has 4 aromatic rings. The molecular formula is C43H48F2N8O4. The highest BCUT2D eigenvalue weighted by atomic mass is 19.3. The molecule has 9 rings (SSSR count). The zero-order valence-electron chi connectivity index (χ0n) is 32.1. The second-order valence-corrected chi connectivity index (χ2v) is 16.9. The molecule has 57 heavy (non-hydrogen) atoms. The van der Waals surface area contributed by atoms with Crippen LogP contribution in [-0.4, -0.2) is 85.0 Å². The highest BCUT2D eigenvalue weighted by Crippen LogP contribution is 2.70. The van der Waals surface area contributed by atoms with Gasteiger partial charge in [-0.3, -0.25) is 34.3 Å². The number of carbonyl (C=O) groups excluding carboxylic acids is 4. The number of aromatic amines is 1. The predicted octanol–water partition coefficient (Wildman–Crippen LogP) is 5.70. The van der Waals surface area contributed by atoms with E-state index in [1.54, 1.807) is 18.0 Å². The third-order valence-electron chi connectivity index (χ3n) is 13.3. The summed E-state index contributed by atoms with van der Waals surface area (Å²) in [6, 6.07) is 15.5. The Morgan fingerprint density at radius 1 is 1.00 bits per heavy atom. The van der Waals surface area contributed by atoms with E-state index in [1.165, 1.54) is 5.56 Å². The number of likely N-dealkylation sites (tertiary alicyclic amines) is 1. The maximum absolute atomic E-state index is 14.4. The van der Waals surface area contributed by atoms with Gasteiger partial charge in [-0.2, -0.15) is 10.2 Å². The van der Waals surface area contributed by atoms with Crippen molar-refractivity contribution < 1.29 is 28.0 Å². The van der Waals surface area contributed by atoms with Crippen molar-refractivity contribution in [3.8, 4) is 0 Å². The summed E-state index contributed by atoms with van der Waals surface area (Å²) in [6.07, 6.45) is 10.8. The van der Waals surface area contributed by atoms with Gasteiger partial charge in [0.05, 0.1) is 17.9 Å². The SMILES string of the molecule is C[C@@]12Cc3[nH]nc(C(=O)Nc4cnn(C(c5ccccc5)C5CN(CCCCCCCc6cccc7c6CN(C6CCC(=O)NC6=O)C7=O)C5)c4)c3CC1C2(F)F. The highest BCUT2D eigenvalue weighted by molar-refractivity contribution is 6.05. The molecule has 3 N–H and O–H groups in total. The van der Waals surface area contributed by atoms with Crippen LogP contribution in [0.3, 0.4) is 0 Å². The second kappa shape index (κ2) is 14.6. The van der Waals surface area contributed by atoms with Crippen LogP contribution in [0.5, 0.6) is 0 Å². The number of anilines is 1. The molecule has 3 fully saturated rings. The highest BCUT2D eigenvalue weighted by Gasteiger charge is 2.78. The molecule has 2 saturated heterocycles. The van der Waals surface area contributed by atoms with Crippen molar-refractivity contribution in [1.29, 1.82) is 0 Å². The van der Waals surface area contributed by atoms with Crippen LogP contribution in [0.25, 0.3) is 0 Å². The van der Waals surface area contributed by atoms with Gasteiger partial charge in [-0.05, 0) is 61.4 Å². The number of hydrogen-bond donors (Lipinski definition) is 3. The first kappa shape index (κ1) is 37.3. The van der Waals surface area contributed by atoms with Gasteiger partial charge in [-0.1, -0.05) is 68.7 Å². The minimum Gasteiger partial charge on any atom is -0.322 e. The molecule has 2 aromatic carbocycles. The van der Waals surface area contributed by atoms with E-state index < -0.39 is 29.2 Å². The molecule has 3 unspecified atom stereocenters. The third-order valence-corrected chi connectivity index (χ3v) is 13.3. The van der Waals surface area contributed by atoms with Crippen LogP contribution in [0.1, 0.15) is 107 Å². The number of halogens is 2. The lowest BCUT2D eigenvalue weighted by Crippen LogP contribution is -2.52. The van der Waals surface area contributed by atoms with Crippen LogP contribution in [0, 0.1) is 17.3 Å². The van der Waals surface area contributed by atoms with E-state index in [2.05, 4.69) is 49.0 Å². The summed E-state index contributed by atoms with van der Waals surface area (Å²) in [7, 11) is 0. The summed E-state index contributed by atoms with van der Waals surface area (Å²) in [5, 5.41) is 17.0. The van der Waals surface area contributed by atoms with Crippen molar-refractivity contribution in [2.24, 2.45) is 17.3 Å². The number of rotatable bonds is 14. The summed E-state index contributed by atoms with van der Waals surface area (Å²) in [4.78, 5) is 54.7. The number of amides is 4. The zero-order chi connectivity index (χ0) is 39.5. The standard InChI is InChI=1S/C43H48F2N8O4/c1-42-20-33-31(19-35(42)43(42,44)45)37(50-49-33)40(56)47-29-21-46-53(24-29)38(27-12-7-5-8-13-27)28-22-51(23-28)18-9-4-2-3-6-11-26-14-10-15-30-32(26)25-52(41(30)57)34-16-17-36(54)48-39(34)55/h5,7-8,10,12-15,21,24,28,34-35,38H,2-4,6,9,11,16-20,22-23,25H2,1H3,(H,47,56)(H,49,50)(H,48,54,55)/t34?,35?,38?,42-/m1/s1. The molecule has 0 radical (unpaired) electrons. The van der Waals surface area contributed by atoms with Gasteiger partial charge in [-0.25, -0.2) is 8.78 Å². The van der Waals surface area contributed by atoms with Crippen LogP contribution in [0.15, 0.2) is 60.9 Å². The number of piperidine rings is 1. The van der Waals surface area contributed by atoms with Crippen LogP contribution in [-0.2, 0) is 35.4 Å². The summed E-state index contributed by atoms with van der Waals surface area (Å²) < 4.78 is 30.8. The smallest absolute Gasteiger partial charge is 0.276 e. The van der Waals surface area contributed by atoms with E-state index >= 15 is 0 Å². The van der Waals surface area contributed by atoms with Gasteiger partial charge in [0.1, 0.15) is 6.04 Å². The number of carbonyl (C=O) groups is 4. The molecule has 12 nitrogen and oxygen atoms in total. The fraction of sp³-hybridized carbons (Fsp3) is 0.488. The fourth-order valence-corrected chi connectivity index (χ4v) is 9.89. The van der Waals surface area contributed by atoms with E-state index in [4.69, 9.17) is 0 Å². The summed E-state index contributed by atoms with van der Waals surface area (Å²) >= 11 is 0. The number of aromatic nitrogens is 4. The number of unbranched alkanes of at least 4 members (excludes halogenated alkanes) is 4. The summed E-state index contributed by atoms with van der Waals surface area (Å²) in [6.45, 7) is 4.94. The molecule has 2 aliphatic carbocycles. The minimum absolute atomic E-state index is 0.00755. The average Bonchev–Trinajstić information content (AvgIpc) is 3.73. The number of benzene rings is 2. The Morgan fingerprint density at radius 3 is 2.60 bits per heavy atom. The molecular weight excluding hydrogens is 731 g/mol. The number of fused-ring (bicyclic) bond motifs is 3. The van der Waals surface area contributed by atoms with Crippen LogP contribution >= 0.6 is 0 Å². The van der Waals surface area contributed by atoms with E-state index in [1.807, 2.05) is 41.2 Å². The van der Waals surface area contributed by atoms with Crippen molar-refractivity contribution in [2.45, 2.75) is 95.7 Å². The number of alkyl halides is 2. The first-order valence-electron chi connectivity index (χ1n) is 20.3. The van der Waals surface area contributed by atoms with Gasteiger partial charge >= 0.3 is 0 Å². The van der Waals surface area contributed by atoms with E-state index in [9.17, 15) is 28.0 Å². The lowest BCUT2D eigenvalue weighted by Gasteiger charge is -2.43. The maximum Gasteiger partial charge on any atom is 0.276 e. The third kappa shape index (κ3) is 6.75. The molecule has 0 bridgehead atoms. The Morgan fingerprint density at radius 2 is 1.79 bits per heavy atom. The molecule has 14 heteroatoms. The Labute approximate surface area is 329 Å². The van der Waals surface area contributed by atoms with Crippen molar-refractivity contribution in [3.63, 3.8) is 0 Å². The fourth-order valence-electron chi connectivity index (χ4n) is 9.89. The first-order valence-corrected chi connectivity index (χ1v) is 20.3. The molecule has 4 atom stereocenters. The number of imide groups is 1. The first-order chi connectivity index (χ1) is 27.5. The molecule has 0 spiro atoms. The van der Waals surface area contributed by atoms with Crippen molar-refractivity contribution >= 4 is 29.3 Å². The number of nitrogens with one attached hydrogen (secondary N) is 3. The number of hydrogen-bond acceptors (Lipinski definition) is 7. The Balaban J connectivity index is 0.733. The molecule has 4 amide bonds. The Kier molecular flexibility index (Phi) is 9.57. The lowest BCUT2D eigenvalue weighted by molar-refractivity contribution is -0.136. The number of nitrogens with zero attached hydrogens (tertiary/aromatic N) is 5. The normalized spacial score (nSPS) is 24.3. The maximum atomic E-state index is 14.4. The van der Waals surface area contributed by atoms with E-state index in [0.717, 1.165) is 69.3 Å². The predicted molar refractivity (Wildman–Crippen MR) is 207 cm³/mol. The molecule has 1 saturated carbocycles. The van der Waals surface area contributed by atoms with Crippen molar-refractivity contribution in [3.05, 3.63) is 100 Å². The lowest BCUT2D eigenvalue weighted by atomic mass is 9.86. The second-order valence-electron chi connectivity index (χ2n) is 16.9. The molecule has 5 aliphatic rings. The molecule has 3 aliphatic heterocycles. The van der Waals surface area contributed by atoms with Gasteiger partial charge in [0.15, 0.2) is 5.69 Å². The van der Waals surface area contributed by atoms with Gasteiger partial charge in [0.2, 0.25) is 11.8 Å². The Bertz CT molecular complexity index is 2210. The minimum atomic E-state index is -2.73. The quantitative estimate of drug-likeness (QED) is 0.110. The van der Waals surface area contributed by atoms with E-state index in [0.29, 0.717) is 41.4 Å². The van der Waals surface area contributed by atoms with Crippen molar-refractivity contribution in [2.75, 3.05) is 25.0 Å². The van der Waals surface area contributed by atoms with Gasteiger partial charge in [0, 0.05) is 72.7 Å². The zero-order valence-corrected chi connectivity index (χ0v) is 32.1. The summed E-state index contributed by atoms with van der Waals surface area (Å²) in [5.41, 5.74) is 4.86. The topological polar surface area (TPSA) is 145 Å². The molecule has 2 aromatic heterocycles. The molecule has 5 heterocycles. The average molecular weight is 779 g/mol. The summed E-state index contributed by atoms with van der Waals surface area (Å²) in [5.74, 6) is -4.37. The largest absolute Gasteiger partial charge is 0.322 e. The van der Waals surface area contributed by atoms with Gasteiger partial charge in [-0.15, -0.1) is 0 Å². The van der Waals surface area contributed by atoms with Crippen LogP contribution in [0.4, 0.5) is 14.5 Å². The number of aryl methyl sites for hydroxylation is 1. The van der Waals surface area contributed by atoms with E-state index in [-0.39, 0.29) is 48.7 Å². The van der Waals surface area contributed by atoms with Gasteiger partial charge < -0.3 is 15.1 Å². The van der Waals surface area contributed by atoms with Crippen LogP contribution in [0.2, 0.25) is 0 Å². The van der Waals surface area contributed by atoms with Gasteiger partial charge in [0.25, 0.3) is 17.7 Å².